The Morgan fingerprint density at radius 1 is 1.03 bits per heavy atom. The van der Waals surface area contributed by atoms with Gasteiger partial charge in [0.05, 0.1) is 18.4 Å². The largest absolute Gasteiger partial charge is 0.495 e. The molecule has 1 fully saturated rings. The summed E-state index contributed by atoms with van der Waals surface area (Å²) in [6.45, 7) is 2.52. The van der Waals surface area contributed by atoms with Crippen molar-refractivity contribution in [3.63, 3.8) is 0 Å². The summed E-state index contributed by atoms with van der Waals surface area (Å²) in [7, 11) is 3.45. The van der Waals surface area contributed by atoms with Crippen LogP contribution in [-0.4, -0.2) is 64.9 Å². The summed E-state index contributed by atoms with van der Waals surface area (Å²) >= 11 is 0. The third-order valence-electron chi connectivity index (χ3n) is 5.90. The van der Waals surface area contributed by atoms with Crippen LogP contribution in [0.25, 0.3) is 10.9 Å². The number of aromatic carboxylic acids is 1. The van der Waals surface area contributed by atoms with Gasteiger partial charge in [-0.15, -0.1) is 0 Å². The highest BCUT2D eigenvalue weighted by Gasteiger charge is 2.33. The zero-order chi connectivity index (χ0) is 22.1. The first-order valence-corrected chi connectivity index (χ1v) is 10.1. The van der Waals surface area contributed by atoms with E-state index in [4.69, 9.17) is 4.74 Å². The van der Waals surface area contributed by atoms with Gasteiger partial charge in [0, 0.05) is 55.9 Å². The molecule has 31 heavy (non-hydrogen) atoms. The molecule has 8 nitrogen and oxygen atoms in total. The second-order valence-corrected chi connectivity index (χ2v) is 7.67. The van der Waals surface area contributed by atoms with Crippen molar-refractivity contribution in [3.8, 4) is 5.75 Å². The quantitative estimate of drug-likeness (QED) is 0.629. The lowest BCUT2D eigenvalue weighted by atomic mass is 10.0. The van der Waals surface area contributed by atoms with Gasteiger partial charge in [0.1, 0.15) is 11.8 Å². The topological polar surface area (TPSA) is 95.2 Å². The van der Waals surface area contributed by atoms with Crippen molar-refractivity contribution in [2.45, 2.75) is 6.04 Å². The number of ether oxygens (including phenoxy) is 1. The van der Waals surface area contributed by atoms with Crippen LogP contribution < -0.4 is 9.64 Å². The monoisotopic (exact) mass is 423 g/mol. The van der Waals surface area contributed by atoms with Crippen LogP contribution in [-0.2, 0) is 11.8 Å². The summed E-state index contributed by atoms with van der Waals surface area (Å²) in [4.78, 5) is 27.8. The number of anilines is 1. The van der Waals surface area contributed by atoms with E-state index in [-0.39, 0.29) is 5.56 Å². The molecule has 4 rings (SSSR count). The SMILES string of the molecule is COc1ccccc1N1CCN([C@@H](C(=O)O)c2cn(C)c3cc(C(=O)O)ccc23)CC1. The second-order valence-electron chi connectivity index (χ2n) is 7.67. The van der Waals surface area contributed by atoms with Crippen LogP contribution in [0.2, 0.25) is 0 Å². The lowest BCUT2D eigenvalue weighted by Gasteiger charge is -2.39. The lowest BCUT2D eigenvalue weighted by Crippen LogP contribution is -2.49. The van der Waals surface area contributed by atoms with E-state index in [2.05, 4.69) is 4.90 Å². The van der Waals surface area contributed by atoms with Gasteiger partial charge >= 0.3 is 11.9 Å². The van der Waals surface area contributed by atoms with Crippen molar-refractivity contribution in [1.29, 1.82) is 0 Å². The number of benzene rings is 2. The van der Waals surface area contributed by atoms with E-state index < -0.39 is 18.0 Å². The first-order valence-electron chi connectivity index (χ1n) is 10.1. The minimum absolute atomic E-state index is 0.178. The first-order chi connectivity index (χ1) is 14.9. The summed E-state index contributed by atoms with van der Waals surface area (Å²) in [6, 6.07) is 11.8. The summed E-state index contributed by atoms with van der Waals surface area (Å²) in [5, 5.41) is 20.1. The predicted octanol–water partition coefficient (Wildman–Crippen LogP) is 2.83. The van der Waals surface area contributed by atoms with Gasteiger partial charge in [-0.3, -0.25) is 9.69 Å². The number of rotatable bonds is 6. The molecule has 1 atom stereocenters. The van der Waals surface area contributed by atoms with Gasteiger partial charge in [0.25, 0.3) is 0 Å². The Balaban J connectivity index is 1.61. The molecule has 162 valence electrons. The van der Waals surface area contributed by atoms with Crippen LogP contribution in [0, 0.1) is 0 Å². The maximum atomic E-state index is 12.3. The number of hydrogen-bond acceptors (Lipinski definition) is 5. The number of nitrogens with zero attached hydrogens (tertiary/aromatic N) is 3. The fraction of sp³-hybridized carbons (Fsp3) is 0.304. The molecule has 1 aliphatic rings. The average Bonchev–Trinajstić information content (AvgIpc) is 3.09. The number of aromatic nitrogens is 1. The Morgan fingerprint density at radius 2 is 1.74 bits per heavy atom. The molecule has 1 aliphatic heterocycles. The van der Waals surface area contributed by atoms with Crippen molar-refractivity contribution >= 4 is 28.5 Å². The summed E-state index contributed by atoms with van der Waals surface area (Å²) < 4.78 is 7.25. The van der Waals surface area contributed by atoms with E-state index in [1.165, 1.54) is 6.07 Å². The maximum absolute atomic E-state index is 12.3. The van der Waals surface area contributed by atoms with Crippen LogP contribution in [0.3, 0.4) is 0 Å². The third-order valence-corrected chi connectivity index (χ3v) is 5.90. The van der Waals surface area contributed by atoms with Gasteiger partial charge in [-0.25, -0.2) is 4.79 Å². The first kappa shape index (κ1) is 20.7. The molecular formula is C23H25N3O5. The molecule has 1 aromatic heterocycles. The average molecular weight is 423 g/mol. The van der Waals surface area contributed by atoms with E-state index in [9.17, 15) is 19.8 Å². The smallest absolute Gasteiger partial charge is 0.335 e. The minimum Gasteiger partial charge on any atom is -0.495 e. The van der Waals surface area contributed by atoms with Crippen molar-refractivity contribution in [2.24, 2.45) is 7.05 Å². The number of carboxylic acid groups (broad SMARTS) is 2. The van der Waals surface area contributed by atoms with Gasteiger partial charge in [-0.2, -0.15) is 0 Å². The fourth-order valence-electron chi connectivity index (χ4n) is 4.36. The predicted molar refractivity (Wildman–Crippen MR) is 117 cm³/mol. The van der Waals surface area contributed by atoms with Crippen LogP contribution in [0.1, 0.15) is 22.0 Å². The van der Waals surface area contributed by atoms with Crippen molar-refractivity contribution in [2.75, 3.05) is 38.2 Å². The van der Waals surface area contributed by atoms with Crippen LogP contribution in [0.4, 0.5) is 5.69 Å². The van der Waals surface area contributed by atoms with Crippen LogP contribution >= 0.6 is 0 Å². The molecule has 0 bridgehead atoms. The van der Waals surface area contributed by atoms with Crippen molar-refractivity contribution < 1.29 is 24.5 Å². The number of fused-ring (bicyclic) bond motifs is 1. The highest BCUT2D eigenvalue weighted by Crippen LogP contribution is 2.33. The summed E-state index contributed by atoms with van der Waals surface area (Å²) in [5.74, 6) is -1.12. The Labute approximate surface area is 179 Å². The normalized spacial score (nSPS) is 15.7. The molecule has 0 unspecified atom stereocenters. The molecule has 3 aromatic rings. The Kier molecular flexibility index (Phi) is 5.56. The highest BCUT2D eigenvalue weighted by atomic mass is 16.5. The summed E-state index contributed by atoms with van der Waals surface area (Å²) in [5.41, 5.74) is 2.56. The van der Waals surface area contributed by atoms with E-state index in [1.54, 1.807) is 37.1 Å². The Morgan fingerprint density at radius 3 is 2.39 bits per heavy atom. The maximum Gasteiger partial charge on any atom is 0.335 e. The second kappa shape index (κ2) is 8.31. The van der Waals surface area contributed by atoms with Crippen LogP contribution in [0.15, 0.2) is 48.7 Å². The molecule has 0 amide bonds. The zero-order valence-corrected chi connectivity index (χ0v) is 17.5. The van der Waals surface area contributed by atoms with E-state index >= 15 is 0 Å². The lowest BCUT2D eigenvalue weighted by molar-refractivity contribution is -0.143. The van der Waals surface area contributed by atoms with Gasteiger partial charge in [-0.05, 0) is 24.3 Å². The minimum atomic E-state index is -1.01. The number of para-hydroxylation sites is 2. The molecule has 8 heteroatoms. The number of methoxy groups -OCH3 is 1. The Hall–Kier alpha value is -3.52. The van der Waals surface area contributed by atoms with Gasteiger partial charge in [0.2, 0.25) is 0 Å². The third kappa shape index (κ3) is 3.82. The van der Waals surface area contributed by atoms with Gasteiger partial charge in [0.15, 0.2) is 0 Å². The van der Waals surface area contributed by atoms with Crippen LogP contribution in [0.5, 0.6) is 5.75 Å². The van der Waals surface area contributed by atoms with Crippen molar-refractivity contribution in [1.82, 2.24) is 9.47 Å². The number of hydrogen-bond donors (Lipinski definition) is 2. The molecule has 2 heterocycles. The van der Waals surface area contributed by atoms with E-state index in [0.717, 1.165) is 16.8 Å². The van der Waals surface area contributed by atoms with Gasteiger partial charge < -0.3 is 24.4 Å². The number of aliphatic carboxylic acids is 1. The molecule has 0 radical (unpaired) electrons. The van der Waals surface area contributed by atoms with E-state index in [1.807, 2.05) is 29.2 Å². The molecule has 2 aromatic carbocycles. The molecule has 1 saturated heterocycles. The fourth-order valence-corrected chi connectivity index (χ4v) is 4.36. The Bertz CT molecular complexity index is 1130. The molecular weight excluding hydrogens is 398 g/mol. The zero-order valence-electron chi connectivity index (χ0n) is 17.5. The van der Waals surface area contributed by atoms with Crippen molar-refractivity contribution in [3.05, 3.63) is 59.8 Å². The molecule has 0 aliphatic carbocycles. The highest BCUT2D eigenvalue weighted by molar-refractivity contribution is 5.96. The molecule has 2 N–H and O–H groups in total. The number of carbonyl (C=O) groups is 2. The standard InChI is InChI=1S/C23H25N3O5/c1-24-14-17(16-8-7-15(22(27)28)13-19(16)24)21(23(29)30)26-11-9-25(10-12-26)18-5-3-4-6-20(18)31-2/h3-8,13-14,21H,9-12H2,1-2H3,(H,27,28)(H,29,30)/t21-/m1/s1. The number of aryl methyl sites for hydroxylation is 1. The number of carboxylic acids is 2. The number of piperazine rings is 1. The summed E-state index contributed by atoms with van der Waals surface area (Å²) in [6.07, 6.45) is 1.79. The van der Waals surface area contributed by atoms with E-state index in [0.29, 0.717) is 37.3 Å². The molecule has 0 saturated carbocycles. The van der Waals surface area contributed by atoms with Gasteiger partial charge in [-0.1, -0.05) is 18.2 Å². The molecule has 0 spiro atoms.